The van der Waals surface area contributed by atoms with E-state index in [9.17, 15) is 0 Å². The van der Waals surface area contributed by atoms with E-state index in [2.05, 4.69) is 49.1 Å². The van der Waals surface area contributed by atoms with Crippen molar-refractivity contribution in [2.45, 2.75) is 38.1 Å². The van der Waals surface area contributed by atoms with Gasteiger partial charge in [0.25, 0.3) is 0 Å². The number of pyridine rings is 1. The highest BCUT2D eigenvalue weighted by Crippen LogP contribution is 2.35. The Balaban J connectivity index is 2.15. The van der Waals surface area contributed by atoms with Gasteiger partial charge in [0, 0.05) is 17.2 Å². The molecule has 0 saturated heterocycles. The van der Waals surface area contributed by atoms with Crippen LogP contribution < -0.4 is 11.1 Å². The van der Waals surface area contributed by atoms with Gasteiger partial charge in [0.1, 0.15) is 5.82 Å². The SMILES string of the molecule is CC1CCC(CN)(Nc2ncc(Br)cc2Br)CC1. The van der Waals surface area contributed by atoms with E-state index in [4.69, 9.17) is 5.73 Å². The fourth-order valence-corrected chi connectivity index (χ4v) is 3.54. The van der Waals surface area contributed by atoms with Crippen LogP contribution in [0.2, 0.25) is 0 Å². The zero-order valence-electron chi connectivity index (χ0n) is 10.5. The van der Waals surface area contributed by atoms with Gasteiger partial charge in [0.15, 0.2) is 0 Å². The van der Waals surface area contributed by atoms with Crippen molar-refractivity contribution in [3.05, 3.63) is 21.2 Å². The van der Waals surface area contributed by atoms with Crippen LogP contribution in [0.3, 0.4) is 0 Å². The number of halogens is 2. The van der Waals surface area contributed by atoms with Crippen LogP contribution in [0.15, 0.2) is 21.2 Å². The second kappa shape index (κ2) is 5.88. The molecule has 100 valence electrons. The minimum absolute atomic E-state index is 0.00978. The number of rotatable bonds is 3. The molecule has 1 aromatic heterocycles. The Kier molecular flexibility index (Phi) is 4.67. The molecule has 1 aliphatic rings. The number of nitrogens with two attached hydrogens (primary N) is 1. The second-order valence-electron chi connectivity index (χ2n) is 5.28. The molecule has 1 heterocycles. The van der Waals surface area contributed by atoms with Crippen molar-refractivity contribution in [3.8, 4) is 0 Å². The average molecular weight is 377 g/mol. The number of anilines is 1. The van der Waals surface area contributed by atoms with Crippen molar-refractivity contribution in [1.29, 1.82) is 0 Å². The first-order chi connectivity index (χ1) is 8.54. The Hall–Kier alpha value is -0.130. The fraction of sp³-hybridized carbons (Fsp3) is 0.615. The van der Waals surface area contributed by atoms with Gasteiger partial charge >= 0.3 is 0 Å². The van der Waals surface area contributed by atoms with Crippen molar-refractivity contribution in [2.24, 2.45) is 11.7 Å². The second-order valence-corrected chi connectivity index (χ2v) is 7.05. The van der Waals surface area contributed by atoms with Crippen molar-refractivity contribution in [3.63, 3.8) is 0 Å². The van der Waals surface area contributed by atoms with Crippen LogP contribution in [-0.2, 0) is 0 Å². The third-order valence-corrected chi connectivity index (χ3v) is 4.85. The van der Waals surface area contributed by atoms with Gasteiger partial charge in [-0.15, -0.1) is 0 Å². The molecular formula is C13H19Br2N3. The summed E-state index contributed by atoms with van der Waals surface area (Å²) in [6, 6.07) is 2.00. The van der Waals surface area contributed by atoms with Crippen LogP contribution in [-0.4, -0.2) is 17.1 Å². The van der Waals surface area contributed by atoms with E-state index in [1.807, 2.05) is 12.3 Å². The van der Waals surface area contributed by atoms with Crippen molar-refractivity contribution in [2.75, 3.05) is 11.9 Å². The summed E-state index contributed by atoms with van der Waals surface area (Å²) >= 11 is 6.96. The summed E-state index contributed by atoms with van der Waals surface area (Å²) in [5.74, 6) is 1.70. The fourth-order valence-electron chi connectivity index (χ4n) is 2.45. The lowest BCUT2D eigenvalue weighted by Crippen LogP contribution is -2.48. The maximum atomic E-state index is 6.00. The Morgan fingerprint density at radius 3 is 2.67 bits per heavy atom. The summed E-state index contributed by atoms with van der Waals surface area (Å²) < 4.78 is 1.95. The van der Waals surface area contributed by atoms with E-state index in [0.717, 1.165) is 33.5 Å². The molecule has 3 nitrogen and oxygen atoms in total. The molecule has 0 aromatic carbocycles. The Labute approximate surface area is 125 Å². The molecule has 1 aromatic rings. The summed E-state index contributed by atoms with van der Waals surface area (Å²) in [5, 5.41) is 3.56. The molecule has 0 unspecified atom stereocenters. The Morgan fingerprint density at radius 1 is 1.44 bits per heavy atom. The molecule has 2 rings (SSSR count). The normalized spacial score (nSPS) is 28.1. The van der Waals surface area contributed by atoms with Crippen LogP contribution in [0.5, 0.6) is 0 Å². The van der Waals surface area contributed by atoms with E-state index in [1.54, 1.807) is 0 Å². The molecule has 0 radical (unpaired) electrons. The molecular weight excluding hydrogens is 358 g/mol. The lowest BCUT2D eigenvalue weighted by Gasteiger charge is -2.40. The first kappa shape index (κ1) is 14.3. The number of nitrogens with zero attached hydrogens (tertiary/aromatic N) is 1. The first-order valence-corrected chi connectivity index (χ1v) is 7.92. The van der Waals surface area contributed by atoms with Crippen LogP contribution in [0.25, 0.3) is 0 Å². The van der Waals surface area contributed by atoms with Gasteiger partial charge in [0.05, 0.1) is 10.0 Å². The van der Waals surface area contributed by atoms with E-state index in [1.165, 1.54) is 12.8 Å². The van der Waals surface area contributed by atoms with Crippen LogP contribution >= 0.6 is 31.9 Å². The molecule has 0 aliphatic heterocycles. The molecule has 1 fully saturated rings. The molecule has 0 spiro atoms. The molecule has 1 saturated carbocycles. The van der Waals surface area contributed by atoms with Crippen molar-refractivity contribution in [1.82, 2.24) is 4.98 Å². The lowest BCUT2D eigenvalue weighted by atomic mass is 9.77. The van der Waals surface area contributed by atoms with E-state index >= 15 is 0 Å². The van der Waals surface area contributed by atoms with Crippen LogP contribution in [0.4, 0.5) is 5.82 Å². The summed E-state index contributed by atoms with van der Waals surface area (Å²) in [6.07, 6.45) is 6.52. The van der Waals surface area contributed by atoms with E-state index < -0.39 is 0 Å². The largest absolute Gasteiger partial charge is 0.362 e. The molecule has 18 heavy (non-hydrogen) atoms. The minimum atomic E-state index is 0.00978. The molecule has 0 bridgehead atoms. The molecule has 1 aliphatic carbocycles. The molecule has 5 heteroatoms. The highest BCUT2D eigenvalue weighted by Gasteiger charge is 2.33. The van der Waals surface area contributed by atoms with Crippen LogP contribution in [0.1, 0.15) is 32.6 Å². The van der Waals surface area contributed by atoms with Gasteiger partial charge < -0.3 is 11.1 Å². The van der Waals surface area contributed by atoms with Crippen molar-refractivity contribution < 1.29 is 0 Å². The van der Waals surface area contributed by atoms with E-state index in [0.29, 0.717) is 6.54 Å². The monoisotopic (exact) mass is 375 g/mol. The maximum Gasteiger partial charge on any atom is 0.140 e. The first-order valence-electron chi connectivity index (χ1n) is 6.34. The van der Waals surface area contributed by atoms with Gasteiger partial charge in [-0.3, -0.25) is 0 Å². The Bertz CT molecular complexity index is 415. The van der Waals surface area contributed by atoms with Gasteiger partial charge in [-0.25, -0.2) is 4.98 Å². The van der Waals surface area contributed by atoms with Gasteiger partial charge in [0.2, 0.25) is 0 Å². The molecule has 0 amide bonds. The maximum absolute atomic E-state index is 6.00. The van der Waals surface area contributed by atoms with E-state index in [-0.39, 0.29) is 5.54 Å². The highest BCUT2D eigenvalue weighted by atomic mass is 79.9. The smallest absolute Gasteiger partial charge is 0.140 e. The summed E-state index contributed by atoms with van der Waals surface area (Å²) in [5.41, 5.74) is 6.01. The molecule has 0 atom stereocenters. The standard InChI is InChI=1S/C13H19Br2N3/c1-9-2-4-13(8-16,5-3-9)18-12-11(15)6-10(14)7-17-12/h6-7,9H,2-5,8,16H2,1H3,(H,17,18). The number of hydrogen-bond donors (Lipinski definition) is 2. The minimum Gasteiger partial charge on any atom is -0.362 e. The summed E-state index contributed by atoms with van der Waals surface area (Å²) in [6.45, 7) is 2.97. The van der Waals surface area contributed by atoms with Crippen molar-refractivity contribution >= 4 is 37.7 Å². The highest BCUT2D eigenvalue weighted by molar-refractivity contribution is 9.11. The number of hydrogen-bond acceptors (Lipinski definition) is 3. The summed E-state index contributed by atoms with van der Waals surface area (Å²) in [4.78, 5) is 4.42. The third-order valence-electron chi connectivity index (χ3n) is 3.81. The molecule has 3 N–H and O–H groups in total. The van der Waals surface area contributed by atoms with Crippen LogP contribution in [0, 0.1) is 5.92 Å². The quantitative estimate of drug-likeness (QED) is 0.840. The Morgan fingerprint density at radius 2 is 2.11 bits per heavy atom. The predicted octanol–water partition coefficient (Wildman–Crippen LogP) is 3.93. The lowest BCUT2D eigenvalue weighted by molar-refractivity contribution is 0.271. The number of nitrogens with one attached hydrogen (secondary N) is 1. The topological polar surface area (TPSA) is 50.9 Å². The zero-order chi connectivity index (χ0) is 13.2. The predicted molar refractivity (Wildman–Crippen MR) is 82.7 cm³/mol. The zero-order valence-corrected chi connectivity index (χ0v) is 13.7. The van der Waals surface area contributed by atoms with Gasteiger partial charge in [-0.05, 0) is 69.5 Å². The van der Waals surface area contributed by atoms with Gasteiger partial charge in [-0.2, -0.15) is 0 Å². The summed E-state index contributed by atoms with van der Waals surface area (Å²) in [7, 11) is 0. The average Bonchev–Trinajstić information content (AvgIpc) is 2.36. The van der Waals surface area contributed by atoms with Gasteiger partial charge in [-0.1, -0.05) is 6.92 Å². The third kappa shape index (κ3) is 3.25. The number of aromatic nitrogens is 1.